The van der Waals surface area contributed by atoms with Crippen molar-refractivity contribution in [1.29, 1.82) is 0 Å². The molecule has 1 aliphatic carbocycles. The summed E-state index contributed by atoms with van der Waals surface area (Å²) in [6.07, 6.45) is 0.712. The maximum absolute atomic E-state index is 14.6. The highest BCUT2D eigenvalue weighted by Gasteiger charge is 2.34. The summed E-state index contributed by atoms with van der Waals surface area (Å²) in [6, 6.07) is 7.30. The zero-order valence-electron chi connectivity index (χ0n) is 14.5. The van der Waals surface area contributed by atoms with E-state index in [-0.39, 0.29) is 11.1 Å². The number of benzene rings is 2. The third-order valence-corrected chi connectivity index (χ3v) is 5.47. The van der Waals surface area contributed by atoms with E-state index < -0.39 is 23.4 Å². The smallest absolute Gasteiger partial charge is 0.206 e. The molecule has 0 atom stereocenters. The van der Waals surface area contributed by atoms with Crippen LogP contribution in [0.25, 0.3) is 11.1 Å². The molecule has 0 bridgehead atoms. The molecule has 5 heteroatoms. The van der Waals surface area contributed by atoms with E-state index in [2.05, 4.69) is 6.92 Å². The Morgan fingerprint density at radius 2 is 1.58 bits per heavy atom. The van der Waals surface area contributed by atoms with Crippen LogP contribution in [0.15, 0.2) is 36.4 Å². The normalized spacial score (nSPS) is 21.0. The maximum Gasteiger partial charge on any atom is 0.419 e. The number of halogens is 5. The molecule has 1 aliphatic rings. The van der Waals surface area contributed by atoms with E-state index >= 15 is 0 Å². The van der Waals surface area contributed by atoms with E-state index in [1.165, 1.54) is 12.5 Å². The fraction of sp³-hybridized carbons (Fsp3) is 0.429. The SMILES string of the molecule is CCC1CCC(c2ccc(-c3ccc(C(F)(F)F)c(F)c3)c(F)c2)CC1. The van der Waals surface area contributed by atoms with Crippen molar-refractivity contribution in [2.75, 3.05) is 0 Å². The van der Waals surface area contributed by atoms with Crippen molar-refractivity contribution in [3.8, 4) is 11.1 Å². The zero-order chi connectivity index (χ0) is 18.9. The minimum absolute atomic E-state index is 0.106. The summed E-state index contributed by atoms with van der Waals surface area (Å²) in [7, 11) is 0. The highest BCUT2D eigenvalue weighted by molar-refractivity contribution is 5.65. The predicted octanol–water partition coefficient (Wildman–Crippen LogP) is 7.33. The molecule has 140 valence electrons. The van der Waals surface area contributed by atoms with Crippen molar-refractivity contribution in [2.24, 2.45) is 5.92 Å². The van der Waals surface area contributed by atoms with Gasteiger partial charge >= 0.3 is 6.18 Å². The van der Waals surface area contributed by atoms with Crippen LogP contribution in [0.2, 0.25) is 0 Å². The van der Waals surface area contributed by atoms with Gasteiger partial charge in [-0.2, -0.15) is 13.2 Å². The fourth-order valence-corrected chi connectivity index (χ4v) is 3.84. The summed E-state index contributed by atoms with van der Waals surface area (Å²) in [6.45, 7) is 2.18. The lowest BCUT2D eigenvalue weighted by atomic mass is 9.77. The molecule has 2 aromatic rings. The van der Waals surface area contributed by atoms with Crippen molar-refractivity contribution in [1.82, 2.24) is 0 Å². The minimum Gasteiger partial charge on any atom is -0.206 e. The molecule has 0 nitrogen and oxygen atoms in total. The largest absolute Gasteiger partial charge is 0.419 e. The molecule has 3 rings (SSSR count). The molecule has 0 unspecified atom stereocenters. The summed E-state index contributed by atoms with van der Waals surface area (Å²) in [5.74, 6) is -0.869. The summed E-state index contributed by atoms with van der Waals surface area (Å²) in [5, 5.41) is 0. The molecule has 0 amide bonds. The first kappa shape index (κ1) is 18.9. The Bertz CT molecular complexity index is 770. The molecule has 0 N–H and O–H groups in total. The van der Waals surface area contributed by atoms with E-state index in [4.69, 9.17) is 0 Å². The Balaban J connectivity index is 1.83. The first-order valence-electron chi connectivity index (χ1n) is 8.96. The molecule has 26 heavy (non-hydrogen) atoms. The van der Waals surface area contributed by atoms with Gasteiger partial charge in [-0.15, -0.1) is 0 Å². The van der Waals surface area contributed by atoms with Crippen molar-refractivity contribution in [3.05, 3.63) is 59.2 Å². The Kier molecular flexibility index (Phi) is 5.35. The number of hydrogen-bond donors (Lipinski definition) is 0. The van der Waals surface area contributed by atoms with Crippen LogP contribution in [0.3, 0.4) is 0 Å². The standard InChI is InChI=1S/C21H21F5/c1-2-13-3-5-14(6-4-13)15-7-9-17(19(22)11-15)16-8-10-18(20(23)12-16)21(24,25)26/h7-14H,2-6H2,1H3. The van der Waals surface area contributed by atoms with Crippen LogP contribution in [0, 0.1) is 17.6 Å². The minimum atomic E-state index is -4.76. The van der Waals surface area contributed by atoms with Crippen LogP contribution >= 0.6 is 0 Å². The van der Waals surface area contributed by atoms with Gasteiger partial charge in [0.05, 0.1) is 5.56 Å². The van der Waals surface area contributed by atoms with Gasteiger partial charge in [0.25, 0.3) is 0 Å². The van der Waals surface area contributed by atoms with E-state index in [0.29, 0.717) is 12.0 Å². The van der Waals surface area contributed by atoms with Crippen LogP contribution in [0.5, 0.6) is 0 Å². The lowest BCUT2D eigenvalue weighted by molar-refractivity contribution is -0.139. The lowest BCUT2D eigenvalue weighted by Gasteiger charge is -2.28. The average Bonchev–Trinajstić information content (AvgIpc) is 2.60. The van der Waals surface area contributed by atoms with E-state index in [0.717, 1.165) is 49.3 Å². The van der Waals surface area contributed by atoms with Crippen LogP contribution < -0.4 is 0 Å². The number of rotatable bonds is 3. The summed E-state index contributed by atoms with van der Waals surface area (Å²) < 4.78 is 66.3. The lowest BCUT2D eigenvalue weighted by Crippen LogP contribution is -2.12. The molecule has 0 aliphatic heterocycles. The number of alkyl halides is 3. The number of hydrogen-bond acceptors (Lipinski definition) is 0. The first-order chi connectivity index (χ1) is 12.3. The summed E-state index contributed by atoms with van der Waals surface area (Å²) >= 11 is 0. The van der Waals surface area contributed by atoms with Crippen molar-refractivity contribution >= 4 is 0 Å². The Morgan fingerprint density at radius 1 is 0.885 bits per heavy atom. The molecule has 0 saturated heterocycles. The topological polar surface area (TPSA) is 0 Å². The van der Waals surface area contributed by atoms with Crippen LogP contribution in [-0.4, -0.2) is 0 Å². The van der Waals surface area contributed by atoms with Crippen molar-refractivity contribution < 1.29 is 22.0 Å². The molecule has 1 fully saturated rings. The Labute approximate surface area is 150 Å². The molecular formula is C21H21F5. The van der Waals surface area contributed by atoms with Crippen molar-refractivity contribution in [2.45, 2.75) is 51.1 Å². The van der Waals surface area contributed by atoms with Gasteiger partial charge in [-0.1, -0.05) is 31.5 Å². The van der Waals surface area contributed by atoms with Gasteiger partial charge in [0.2, 0.25) is 0 Å². The third-order valence-electron chi connectivity index (χ3n) is 5.47. The highest BCUT2D eigenvalue weighted by atomic mass is 19.4. The molecule has 0 aromatic heterocycles. The van der Waals surface area contributed by atoms with Crippen LogP contribution in [0.4, 0.5) is 22.0 Å². The zero-order valence-corrected chi connectivity index (χ0v) is 14.5. The van der Waals surface area contributed by atoms with Crippen LogP contribution in [-0.2, 0) is 6.18 Å². The molecule has 2 aromatic carbocycles. The average molecular weight is 368 g/mol. The molecule has 1 saturated carbocycles. The molecular weight excluding hydrogens is 347 g/mol. The van der Waals surface area contributed by atoms with E-state index in [9.17, 15) is 22.0 Å². The second-order valence-corrected chi connectivity index (χ2v) is 7.06. The third kappa shape index (κ3) is 3.92. The highest BCUT2D eigenvalue weighted by Crippen LogP contribution is 2.39. The van der Waals surface area contributed by atoms with Gasteiger partial charge in [-0.3, -0.25) is 0 Å². The Morgan fingerprint density at radius 3 is 2.12 bits per heavy atom. The second kappa shape index (κ2) is 7.37. The van der Waals surface area contributed by atoms with Gasteiger partial charge in [0, 0.05) is 5.56 Å². The molecule has 0 radical (unpaired) electrons. The predicted molar refractivity (Wildman–Crippen MR) is 91.8 cm³/mol. The second-order valence-electron chi connectivity index (χ2n) is 7.06. The van der Waals surface area contributed by atoms with E-state index in [1.54, 1.807) is 6.07 Å². The van der Waals surface area contributed by atoms with Crippen LogP contribution in [0.1, 0.15) is 56.1 Å². The quantitative estimate of drug-likeness (QED) is 0.497. The van der Waals surface area contributed by atoms with E-state index in [1.807, 2.05) is 6.07 Å². The maximum atomic E-state index is 14.6. The first-order valence-corrected chi connectivity index (χ1v) is 8.96. The van der Waals surface area contributed by atoms with Gasteiger partial charge < -0.3 is 0 Å². The van der Waals surface area contributed by atoms with Gasteiger partial charge in [-0.05, 0) is 66.8 Å². The monoisotopic (exact) mass is 368 g/mol. The molecule has 0 heterocycles. The van der Waals surface area contributed by atoms with Gasteiger partial charge in [0.1, 0.15) is 11.6 Å². The van der Waals surface area contributed by atoms with Gasteiger partial charge in [0.15, 0.2) is 0 Å². The Hall–Kier alpha value is -1.91. The van der Waals surface area contributed by atoms with Crippen molar-refractivity contribution in [3.63, 3.8) is 0 Å². The van der Waals surface area contributed by atoms with Gasteiger partial charge in [-0.25, -0.2) is 8.78 Å². The summed E-state index contributed by atoms with van der Waals surface area (Å²) in [5.41, 5.74) is -0.211. The summed E-state index contributed by atoms with van der Waals surface area (Å²) in [4.78, 5) is 0. The fourth-order valence-electron chi connectivity index (χ4n) is 3.84. The molecule has 0 spiro atoms.